The lowest BCUT2D eigenvalue weighted by atomic mass is 10.1. The van der Waals surface area contributed by atoms with E-state index < -0.39 is 0 Å². The first kappa shape index (κ1) is 13.4. The molecule has 0 spiro atoms. The summed E-state index contributed by atoms with van der Waals surface area (Å²) in [4.78, 5) is 25.4. The summed E-state index contributed by atoms with van der Waals surface area (Å²) in [5.41, 5.74) is 1.49. The maximum atomic E-state index is 12.1. The summed E-state index contributed by atoms with van der Waals surface area (Å²) in [5, 5.41) is 0. The van der Waals surface area contributed by atoms with Gasteiger partial charge in [-0.15, -0.1) is 0 Å². The van der Waals surface area contributed by atoms with Gasteiger partial charge >= 0.3 is 5.97 Å². The second-order valence-corrected chi connectivity index (χ2v) is 5.91. The number of likely N-dealkylation sites (tertiary alicyclic amines) is 1. The van der Waals surface area contributed by atoms with Crippen LogP contribution in [0.2, 0.25) is 0 Å². The Labute approximate surface area is 125 Å². The van der Waals surface area contributed by atoms with Crippen molar-refractivity contribution in [2.45, 2.75) is 19.0 Å². The molecule has 1 aliphatic carbocycles. The van der Waals surface area contributed by atoms with E-state index in [9.17, 15) is 9.59 Å². The quantitative estimate of drug-likeness (QED) is 0.629. The Morgan fingerprint density at radius 3 is 2.85 bits per heavy atom. The number of esters is 1. The molecule has 0 aromatic heterocycles. The second-order valence-electron chi connectivity index (χ2n) is 5.06. The van der Waals surface area contributed by atoms with E-state index in [0.29, 0.717) is 12.1 Å². The summed E-state index contributed by atoms with van der Waals surface area (Å²) in [6.45, 7) is 0.562. The zero-order valence-corrected chi connectivity index (χ0v) is 12.6. The van der Waals surface area contributed by atoms with Gasteiger partial charge in [-0.05, 0) is 24.1 Å². The van der Waals surface area contributed by atoms with Gasteiger partial charge in [0.15, 0.2) is 0 Å². The standard InChI is InChI=1S/C15H14BrNO3/c1-20-15(19)10-2-3-11(13(16)7-10)8-17-12-5-4-9(6-12)14(17)18/h2-5,7,9,12H,6,8H2,1H3. The minimum absolute atomic E-state index is 0.0631. The Bertz CT molecular complexity index is 611. The van der Waals surface area contributed by atoms with Crippen LogP contribution in [-0.4, -0.2) is 29.9 Å². The van der Waals surface area contributed by atoms with Gasteiger partial charge in [0.05, 0.1) is 24.6 Å². The molecule has 1 aromatic rings. The van der Waals surface area contributed by atoms with Gasteiger partial charge in [0.2, 0.25) is 5.91 Å². The number of ether oxygens (including phenoxy) is 1. The molecule has 4 nitrogen and oxygen atoms in total. The SMILES string of the molecule is COC(=O)c1ccc(CN2C(=O)C3C=CC2C3)c(Br)c1. The zero-order valence-electron chi connectivity index (χ0n) is 11.0. The lowest BCUT2D eigenvalue weighted by Crippen LogP contribution is -2.34. The molecule has 1 amide bonds. The van der Waals surface area contributed by atoms with Crippen LogP contribution < -0.4 is 0 Å². The number of amides is 1. The summed E-state index contributed by atoms with van der Waals surface area (Å²) in [6.07, 6.45) is 5.00. The third-order valence-electron chi connectivity index (χ3n) is 3.88. The second kappa shape index (κ2) is 5.05. The highest BCUT2D eigenvalue weighted by molar-refractivity contribution is 9.10. The fourth-order valence-electron chi connectivity index (χ4n) is 2.77. The Morgan fingerprint density at radius 1 is 1.45 bits per heavy atom. The number of benzene rings is 1. The Kier molecular flexibility index (Phi) is 3.38. The third-order valence-corrected chi connectivity index (χ3v) is 4.61. The number of hydrogen-bond acceptors (Lipinski definition) is 3. The van der Waals surface area contributed by atoms with Gasteiger partial charge in [0.25, 0.3) is 0 Å². The first-order valence-electron chi connectivity index (χ1n) is 6.45. The van der Waals surface area contributed by atoms with Gasteiger partial charge in [-0.25, -0.2) is 4.79 Å². The molecule has 0 N–H and O–H groups in total. The van der Waals surface area contributed by atoms with E-state index in [0.717, 1.165) is 16.5 Å². The highest BCUT2D eigenvalue weighted by atomic mass is 79.9. The number of hydrogen-bond donors (Lipinski definition) is 0. The van der Waals surface area contributed by atoms with E-state index in [-0.39, 0.29) is 23.8 Å². The van der Waals surface area contributed by atoms with Crippen molar-refractivity contribution in [1.29, 1.82) is 0 Å². The monoisotopic (exact) mass is 335 g/mol. The van der Waals surface area contributed by atoms with Crippen LogP contribution in [0.25, 0.3) is 0 Å². The zero-order chi connectivity index (χ0) is 14.3. The molecule has 1 aliphatic heterocycles. The lowest BCUT2D eigenvalue weighted by molar-refractivity contribution is -0.131. The molecule has 0 radical (unpaired) electrons. The summed E-state index contributed by atoms with van der Waals surface area (Å²) in [7, 11) is 1.36. The van der Waals surface area contributed by atoms with Crippen LogP contribution in [-0.2, 0) is 16.1 Å². The first-order valence-corrected chi connectivity index (χ1v) is 7.25. The van der Waals surface area contributed by atoms with Crippen molar-refractivity contribution in [3.8, 4) is 0 Å². The average molecular weight is 336 g/mol. The Morgan fingerprint density at radius 2 is 2.25 bits per heavy atom. The van der Waals surface area contributed by atoms with Crippen LogP contribution in [0.3, 0.4) is 0 Å². The normalized spacial score (nSPS) is 23.5. The van der Waals surface area contributed by atoms with Crippen molar-refractivity contribution in [1.82, 2.24) is 4.90 Å². The molecule has 2 atom stereocenters. The molecule has 1 heterocycles. The van der Waals surface area contributed by atoms with Crippen LogP contribution >= 0.6 is 15.9 Å². The molecule has 2 unspecified atom stereocenters. The van der Waals surface area contributed by atoms with Gasteiger partial charge in [-0.1, -0.05) is 34.1 Å². The number of rotatable bonds is 3. The van der Waals surface area contributed by atoms with Crippen LogP contribution in [0.15, 0.2) is 34.8 Å². The number of nitrogens with zero attached hydrogens (tertiary/aromatic N) is 1. The van der Waals surface area contributed by atoms with Crippen molar-refractivity contribution < 1.29 is 14.3 Å². The topological polar surface area (TPSA) is 46.6 Å². The molecule has 104 valence electrons. The molecule has 1 aromatic carbocycles. The van der Waals surface area contributed by atoms with E-state index in [1.165, 1.54) is 7.11 Å². The number of methoxy groups -OCH3 is 1. The Balaban J connectivity index is 1.80. The minimum atomic E-state index is -0.364. The van der Waals surface area contributed by atoms with Crippen molar-refractivity contribution >= 4 is 27.8 Å². The highest BCUT2D eigenvalue weighted by Gasteiger charge is 2.40. The van der Waals surface area contributed by atoms with Crippen molar-refractivity contribution in [3.05, 3.63) is 46.0 Å². The van der Waals surface area contributed by atoms with Gasteiger partial charge in [-0.3, -0.25) is 4.79 Å². The number of fused-ring (bicyclic) bond motifs is 2. The molecule has 1 saturated heterocycles. The van der Waals surface area contributed by atoms with Crippen LogP contribution in [0, 0.1) is 5.92 Å². The molecule has 2 bridgehead atoms. The van der Waals surface area contributed by atoms with E-state index in [2.05, 4.69) is 26.7 Å². The predicted octanol–water partition coefficient (Wildman–Crippen LogP) is 2.52. The lowest BCUT2D eigenvalue weighted by Gasteiger charge is -2.24. The molecule has 5 heteroatoms. The minimum Gasteiger partial charge on any atom is -0.465 e. The van der Waals surface area contributed by atoms with Gasteiger partial charge < -0.3 is 9.64 Å². The van der Waals surface area contributed by atoms with Crippen molar-refractivity contribution in [3.63, 3.8) is 0 Å². The summed E-state index contributed by atoms with van der Waals surface area (Å²) >= 11 is 3.46. The summed E-state index contributed by atoms with van der Waals surface area (Å²) < 4.78 is 5.51. The van der Waals surface area contributed by atoms with Crippen molar-refractivity contribution in [2.24, 2.45) is 5.92 Å². The van der Waals surface area contributed by atoms with Crippen LogP contribution in [0.5, 0.6) is 0 Å². The van der Waals surface area contributed by atoms with Crippen LogP contribution in [0.4, 0.5) is 0 Å². The molecule has 2 aliphatic rings. The number of halogens is 1. The maximum Gasteiger partial charge on any atom is 0.337 e. The van der Waals surface area contributed by atoms with Crippen LogP contribution in [0.1, 0.15) is 22.3 Å². The number of carbonyl (C=O) groups excluding carboxylic acids is 2. The molecular formula is C15H14BrNO3. The maximum absolute atomic E-state index is 12.1. The summed E-state index contributed by atoms with van der Waals surface area (Å²) in [6, 6.07) is 5.54. The van der Waals surface area contributed by atoms with E-state index >= 15 is 0 Å². The molecule has 20 heavy (non-hydrogen) atoms. The third kappa shape index (κ3) is 2.16. The van der Waals surface area contributed by atoms with Gasteiger partial charge in [0.1, 0.15) is 0 Å². The molecular weight excluding hydrogens is 322 g/mol. The fraction of sp³-hybridized carbons (Fsp3) is 0.333. The number of carbonyl (C=O) groups is 2. The Hall–Kier alpha value is -1.62. The fourth-order valence-corrected chi connectivity index (χ4v) is 3.27. The van der Waals surface area contributed by atoms with E-state index in [1.807, 2.05) is 17.0 Å². The molecule has 3 rings (SSSR count). The largest absolute Gasteiger partial charge is 0.465 e. The van der Waals surface area contributed by atoms with Crippen molar-refractivity contribution in [2.75, 3.05) is 7.11 Å². The van der Waals surface area contributed by atoms with E-state index in [4.69, 9.17) is 0 Å². The highest BCUT2D eigenvalue weighted by Crippen LogP contribution is 2.34. The van der Waals surface area contributed by atoms with Gasteiger partial charge in [-0.2, -0.15) is 0 Å². The summed E-state index contributed by atoms with van der Waals surface area (Å²) in [5.74, 6) is -0.106. The van der Waals surface area contributed by atoms with E-state index in [1.54, 1.807) is 12.1 Å². The molecule has 1 fully saturated rings. The van der Waals surface area contributed by atoms with Gasteiger partial charge in [0, 0.05) is 11.0 Å². The average Bonchev–Trinajstić information content (AvgIpc) is 3.03. The predicted molar refractivity (Wildman–Crippen MR) is 77.1 cm³/mol. The smallest absolute Gasteiger partial charge is 0.337 e. The first-order chi connectivity index (χ1) is 9.60. The molecule has 0 saturated carbocycles.